The molecule has 1 aromatic carbocycles. The van der Waals surface area contributed by atoms with Gasteiger partial charge in [0.05, 0.1) is 0 Å². The van der Waals surface area contributed by atoms with Crippen LogP contribution in [0, 0.1) is 0 Å². The fourth-order valence-corrected chi connectivity index (χ4v) is 2.75. The van der Waals surface area contributed by atoms with E-state index in [0.29, 0.717) is 25.4 Å². The average molecular weight is 348 g/mol. The van der Waals surface area contributed by atoms with E-state index >= 15 is 0 Å². The van der Waals surface area contributed by atoms with Crippen LogP contribution in [0.1, 0.15) is 0 Å². The Bertz CT molecular complexity index is 618. The molecule has 138 valence electrons. The summed E-state index contributed by atoms with van der Waals surface area (Å²) in [6, 6.07) is 7.31. The van der Waals surface area contributed by atoms with E-state index in [0.717, 1.165) is 5.69 Å². The summed E-state index contributed by atoms with van der Waals surface area (Å²) < 4.78 is 5.66. The number of likely N-dealkylation sites (N-methyl/N-ethyl adjacent to an activating group) is 2. The molecular weight excluding hydrogens is 320 g/mol. The molecular formula is C18H28N4O3. The van der Waals surface area contributed by atoms with Gasteiger partial charge in [-0.3, -0.25) is 14.5 Å². The molecule has 0 spiro atoms. The second kappa shape index (κ2) is 8.20. The normalized spacial score (nSPS) is 18.0. The molecule has 0 radical (unpaired) electrons. The Labute approximate surface area is 149 Å². The second-order valence-corrected chi connectivity index (χ2v) is 6.75. The van der Waals surface area contributed by atoms with Crippen LogP contribution in [0.2, 0.25) is 0 Å². The highest BCUT2D eigenvalue weighted by molar-refractivity contribution is 5.84. The molecule has 7 nitrogen and oxygen atoms in total. The minimum atomic E-state index is -0.301. The second-order valence-electron chi connectivity index (χ2n) is 6.75. The molecule has 1 heterocycles. The minimum Gasteiger partial charge on any atom is -0.484 e. The molecule has 1 unspecified atom stereocenters. The summed E-state index contributed by atoms with van der Waals surface area (Å²) >= 11 is 0. The summed E-state index contributed by atoms with van der Waals surface area (Å²) in [5, 5.41) is 0. The molecule has 0 bridgehead atoms. The summed E-state index contributed by atoms with van der Waals surface area (Å²) in [5.74, 6) is 0.578. The quantitative estimate of drug-likeness (QED) is 0.769. The van der Waals surface area contributed by atoms with Crippen molar-refractivity contribution in [3.8, 4) is 5.75 Å². The molecule has 7 heteroatoms. The van der Waals surface area contributed by atoms with Gasteiger partial charge in [-0.25, -0.2) is 0 Å². The Kier molecular flexibility index (Phi) is 6.25. The Balaban J connectivity index is 1.94. The lowest BCUT2D eigenvalue weighted by Crippen LogP contribution is -2.59. The van der Waals surface area contributed by atoms with Crippen LogP contribution in [0.25, 0.3) is 0 Å². The van der Waals surface area contributed by atoms with Crippen LogP contribution in [-0.4, -0.2) is 94.0 Å². The third-order valence-corrected chi connectivity index (χ3v) is 4.42. The molecule has 2 amide bonds. The van der Waals surface area contributed by atoms with Gasteiger partial charge < -0.3 is 19.4 Å². The first-order valence-corrected chi connectivity index (χ1v) is 8.39. The monoisotopic (exact) mass is 348 g/mol. The smallest absolute Gasteiger partial charge is 0.260 e. The number of benzene rings is 1. The maximum Gasteiger partial charge on any atom is 0.260 e. The van der Waals surface area contributed by atoms with E-state index in [1.54, 1.807) is 23.9 Å². The molecule has 1 aliphatic rings. The zero-order chi connectivity index (χ0) is 18.6. The lowest BCUT2D eigenvalue weighted by Gasteiger charge is -2.39. The predicted molar refractivity (Wildman–Crippen MR) is 98.0 cm³/mol. The van der Waals surface area contributed by atoms with E-state index in [-0.39, 0.29) is 24.5 Å². The van der Waals surface area contributed by atoms with Crippen molar-refractivity contribution in [2.24, 2.45) is 0 Å². The third kappa shape index (κ3) is 4.85. The molecule has 1 aliphatic heterocycles. The summed E-state index contributed by atoms with van der Waals surface area (Å²) in [6.45, 7) is 1.65. The first-order valence-electron chi connectivity index (χ1n) is 8.39. The zero-order valence-corrected chi connectivity index (χ0v) is 15.7. The van der Waals surface area contributed by atoms with Crippen molar-refractivity contribution in [2.45, 2.75) is 6.04 Å². The topological polar surface area (TPSA) is 56.3 Å². The summed E-state index contributed by atoms with van der Waals surface area (Å²) in [4.78, 5) is 32.0. The number of rotatable bonds is 5. The molecule has 1 atom stereocenters. The summed E-state index contributed by atoms with van der Waals surface area (Å²) in [6.07, 6.45) is 0. The number of hydrogen-bond donors (Lipinski definition) is 0. The molecule has 25 heavy (non-hydrogen) atoms. The van der Waals surface area contributed by atoms with Crippen LogP contribution in [0.5, 0.6) is 5.75 Å². The average Bonchev–Trinajstić information content (AvgIpc) is 2.59. The summed E-state index contributed by atoms with van der Waals surface area (Å²) in [5.41, 5.74) is 1.01. The van der Waals surface area contributed by atoms with Crippen LogP contribution in [0.15, 0.2) is 24.3 Å². The number of anilines is 1. The standard InChI is InChI=1S/C18H28N4O3/c1-19(2)14-7-6-8-15(11-14)25-13-17(23)22-10-9-21(5)16(12-22)18(24)20(3)4/h6-8,11,16H,9-10,12-13H2,1-5H3. The zero-order valence-electron chi connectivity index (χ0n) is 15.7. The first kappa shape index (κ1) is 19.1. The van der Waals surface area contributed by atoms with Crippen molar-refractivity contribution in [3.05, 3.63) is 24.3 Å². The number of carbonyl (C=O) groups excluding carboxylic acids is 2. The molecule has 0 aliphatic carbocycles. The fourth-order valence-electron chi connectivity index (χ4n) is 2.75. The number of carbonyl (C=O) groups is 2. The molecule has 0 saturated carbocycles. The maximum atomic E-state index is 12.5. The van der Waals surface area contributed by atoms with Crippen LogP contribution >= 0.6 is 0 Å². The fraction of sp³-hybridized carbons (Fsp3) is 0.556. The van der Waals surface area contributed by atoms with Crippen molar-refractivity contribution in [1.29, 1.82) is 0 Å². The number of amides is 2. The third-order valence-electron chi connectivity index (χ3n) is 4.42. The van der Waals surface area contributed by atoms with E-state index in [1.807, 2.05) is 55.2 Å². The molecule has 0 N–H and O–H groups in total. The van der Waals surface area contributed by atoms with Crippen LogP contribution in [0.3, 0.4) is 0 Å². The predicted octanol–water partition coefficient (Wildman–Crippen LogP) is 0.362. The highest BCUT2D eigenvalue weighted by Gasteiger charge is 2.33. The van der Waals surface area contributed by atoms with Crippen molar-refractivity contribution >= 4 is 17.5 Å². The van der Waals surface area contributed by atoms with Gasteiger partial charge in [-0.2, -0.15) is 0 Å². The minimum absolute atomic E-state index is 0.0135. The highest BCUT2D eigenvalue weighted by atomic mass is 16.5. The van der Waals surface area contributed by atoms with Gasteiger partial charge in [-0.15, -0.1) is 0 Å². The van der Waals surface area contributed by atoms with E-state index in [2.05, 4.69) is 0 Å². The van der Waals surface area contributed by atoms with Crippen molar-refractivity contribution in [2.75, 3.05) is 66.4 Å². The number of hydrogen-bond acceptors (Lipinski definition) is 5. The van der Waals surface area contributed by atoms with Gasteiger partial charge >= 0.3 is 0 Å². The molecule has 0 aromatic heterocycles. The molecule has 1 aromatic rings. The Morgan fingerprint density at radius 1 is 1.20 bits per heavy atom. The lowest BCUT2D eigenvalue weighted by molar-refractivity contribution is -0.142. The Hall–Kier alpha value is -2.28. The van der Waals surface area contributed by atoms with Crippen LogP contribution < -0.4 is 9.64 Å². The molecule has 1 fully saturated rings. The van der Waals surface area contributed by atoms with E-state index in [1.165, 1.54) is 0 Å². The first-order chi connectivity index (χ1) is 11.8. The van der Waals surface area contributed by atoms with Gasteiger partial charge in [-0.05, 0) is 19.2 Å². The van der Waals surface area contributed by atoms with Gasteiger partial charge in [0.1, 0.15) is 11.8 Å². The highest BCUT2D eigenvalue weighted by Crippen LogP contribution is 2.19. The van der Waals surface area contributed by atoms with E-state index < -0.39 is 0 Å². The largest absolute Gasteiger partial charge is 0.484 e. The van der Waals surface area contributed by atoms with Gasteiger partial charge in [0, 0.05) is 59.6 Å². The Morgan fingerprint density at radius 3 is 2.56 bits per heavy atom. The molecule has 2 rings (SSSR count). The van der Waals surface area contributed by atoms with E-state index in [4.69, 9.17) is 4.74 Å². The van der Waals surface area contributed by atoms with Gasteiger partial charge in [0.15, 0.2) is 6.61 Å². The van der Waals surface area contributed by atoms with Crippen molar-refractivity contribution in [3.63, 3.8) is 0 Å². The van der Waals surface area contributed by atoms with Crippen molar-refractivity contribution < 1.29 is 14.3 Å². The number of piperazine rings is 1. The number of ether oxygens (including phenoxy) is 1. The summed E-state index contributed by atoms with van der Waals surface area (Å²) in [7, 11) is 9.29. The maximum absolute atomic E-state index is 12.5. The molecule has 1 saturated heterocycles. The number of nitrogens with zero attached hydrogens (tertiary/aromatic N) is 4. The van der Waals surface area contributed by atoms with Gasteiger partial charge in [-0.1, -0.05) is 6.07 Å². The van der Waals surface area contributed by atoms with Crippen molar-refractivity contribution in [1.82, 2.24) is 14.7 Å². The van der Waals surface area contributed by atoms with Crippen LogP contribution in [0.4, 0.5) is 5.69 Å². The Morgan fingerprint density at radius 2 is 1.92 bits per heavy atom. The van der Waals surface area contributed by atoms with Crippen LogP contribution in [-0.2, 0) is 9.59 Å². The lowest BCUT2D eigenvalue weighted by atomic mass is 10.1. The van der Waals surface area contributed by atoms with E-state index in [9.17, 15) is 9.59 Å². The van der Waals surface area contributed by atoms with Gasteiger partial charge in [0.2, 0.25) is 5.91 Å². The van der Waals surface area contributed by atoms with Gasteiger partial charge in [0.25, 0.3) is 5.91 Å². The SMILES string of the molecule is CN(C)C(=O)C1CN(C(=O)COc2cccc(N(C)C)c2)CCN1C.